The fourth-order valence-electron chi connectivity index (χ4n) is 3.18. The molecule has 1 heterocycles. The van der Waals surface area contributed by atoms with E-state index in [9.17, 15) is 14.0 Å². The van der Waals surface area contributed by atoms with Crippen LogP contribution in [0, 0.1) is 5.82 Å². The number of carbonyl (C=O) groups is 1. The quantitative estimate of drug-likeness (QED) is 0.535. The molecule has 1 N–H and O–H groups in total. The number of amides is 1. The van der Waals surface area contributed by atoms with E-state index in [4.69, 9.17) is 9.47 Å². The molecule has 0 saturated carbocycles. The first-order chi connectivity index (χ1) is 15.0. The molecule has 0 unspecified atom stereocenters. The van der Waals surface area contributed by atoms with Crippen molar-refractivity contribution in [3.63, 3.8) is 0 Å². The Bertz CT molecular complexity index is 1330. The first kappa shape index (κ1) is 20.1. The number of fused-ring (bicyclic) bond motifs is 1. The number of methoxy groups -OCH3 is 2. The molecule has 3 aromatic carbocycles. The van der Waals surface area contributed by atoms with Crippen LogP contribution in [0.3, 0.4) is 0 Å². The minimum Gasteiger partial charge on any atom is -0.497 e. The van der Waals surface area contributed by atoms with Crippen LogP contribution >= 0.6 is 0 Å². The Morgan fingerprint density at radius 1 is 1.00 bits per heavy atom. The minimum absolute atomic E-state index is 0.171. The van der Waals surface area contributed by atoms with E-state index in [-0.39, 0.29) is 17.1 Å². The summed E-state index contributed by atoms with van der Waals surface area (Å²) in [6.45, 7) is 0. The zero-order valence-electron chi connectivity index (χ0n) is 16.8. The van der Waals surface area contributed by atoms with Crippen LogP contribution in [0.4, 0.5) is 4.39 Å². The largest absolute Gasteiger partial charge is 0.497 e. The van der Waals surface area contributed by atoms with Crippen LogP contribution in [0.15, 0.2) is 71.5 Å². The number of hydrogen-bond donors (Lipinski definition) is 1. The molecule has 0 spiro atoms. The van der Waals surface area contributed by atoms with Gasteiger partial charge in [-0.05, 0) is 48.5 Å². The molecule has 4 aromatic rings. The number of halogens is 1. The maximum atomic E-state index is 13.4. The highest BCUT2D eigenvalue weighted by Gasteiger charge is 2.18. The van der Waals surface area contributed by atoms with Crippen molar-refractivity contribution in [1.29, 1.82) is 0 Å². The predicted molar refractivity (Wildman–Crippen MR) is 115 cm³/mol. The van der Waals surface area contributed by atoms with Crippen LogP contribution in [0.5, 0.6) is 11.5 Å². The van der Waals surface area contributed by atoms with Crippen molar-refractivity contribution < 1.29 is 18.7 Å². The van der Waals surface area contributed by atoms with Crippen LogP contribution in [-0.4, -0.2) is 29.8 Å². The molecule has 1 aromatic heterocycles. The predicted octanol–water partition coefficient (Wildman–Crippen LogP) is 3.60. The Morgan fingerprint density at radius 3 is 2.45 bits per heavy atom. The molecule has 0 saturated heterocycles. The van der Waals surface area contributed by atoms with Gasteiger partial charge in [-0.3, -0.25) is 15.0 Å². The second-order valence-electron chi connectivity index (χ2n) is 6.61. The molecule has 1 amide bonds. The molecule has 0 fully saturated rings. The van der Waals surface area contributed by atoms with E-state index in [1.54, 1.807) is 36.4 Å². The van der Waals surface area contributed by atoms with E-state index in [1.165, 1.54) is 44.6 Å². The Balaban J connectivity index is 1.86. The molecule has 0 aliphatic carbocycles. The topological polar surface area (TPSA) is 82.5 Å². The highest BCUT2D eigenvalue weighted by atomic mass is 19.1. The standard InChI is InChI=1S/C23H18FN3O4/c1-30-16-11-12-18(20(13-16)31-2)22(28)26-27-21(14-7-9-15(24)10-8-14)25-19-6-4-3-5-17(19)23(27)29/h3-13H,1-2H3,(H,26,28). The molecule has 4 rings (SSSR count). The summed E-state index contributed by atoms with van der Waals surface area (Å²) in [4.78, 5) is 30.8. The average molecular weight is 419 g/mol. The SMILES string of the molecule is COc1ccc(C(=O)Nn2c(-c3ccc(F)cc3)nc3ccccc3c2=O)c(OC)c1. The van der Waals surface area contributed by atoms with Gasteiger partial charge in [-0.15, -0.1) is 0 Å². The molecule has 0 atom stereocenters. The van der Waals surface area contributed by atoms with Crippen molar-refractivity contribution in [2.45, 2.75) is 0 Å². The first-order valence-electron chi connectivity index (χ1n) is 9.33. The summed E-state index contributed by atoms with van der Waals surface area (Å²) in [7, 11) is 2.93. The molecule has 8 heteroatoms. The third-order valence-electron chi connectivity index (χ3n) is 4.74. The van der Waals surface area contributed by atoms with E-state index < -0.39 is 17.3 Å². The molecular weight excluding hydrogens is 401 g/mol. The highest BCUT2D eigenvalue weighted by Crippen LogP contribution is 2.25. The van der Waals surface area contributed by atoms with Crippen LogP contribution in [-0.2, 0) is 0 Å². The monoisotopic (exact) mass is 419 g/mol. The van der Waals surface area contributed by atoms with E-state index in [0.29, 0.717) is 22.2 Å². The minimum atomic E-state index is -0.581. The van der Waals surface area contributed by atoms with Gasteiger partial charge in [0.2, 0.25) is 0 Å². The Hall–Kier alpha value is -4.20. The molecule has 0 bridgehead atoms. The lowest BCUT2D eigenvalue weighted by Gasteiger charge is -2.16. The van der Waals surface area contributed by atoms with Gasteiger partial charge in [0.1, 0.15) is 17.3 Å². The second kappa shape index (κ2) is 8.27. The maximum Gasteiger partial charge on any atom is 0.280 e. The number of hydrogen-bond acceptors (Lipinski definition) is 5. The van der Waals surface area contributed by atoms with Gasteiger partial charge in [0.25, 0.3) is 11.5 Å². The maximum absolute atomic E-state index is 13.4. The highest BCUT2D eigenvalue weighted by molar-refractivity contribution is 6.02. The Labute approximate surface area is 176 Å². The average Bonchev–Trinajstić information content (AvgIpc) is 2.80. The number of rotatable bonds is 5. The van der Waals surface area contributed by atoms with Gasteiger partial charge < -0.3 is 9.47 Å². The van der Waals surface area contributed by atoms with Gasteiger partial charge in [0.05, 0.1) is 30.7 Å². The fourth-order valence-corrected chi connectivity index (χ4v) is 3.18. The number of aromatic nitrogens is 2. The lowest BCUT2D eigenvalue weighted by atomic mass is 10.1. The third kappa shape index (κ3) is 3.83. The van der Waals surface area contributed by atoms with Gasteiger partial charge in [-0.25, -0.2) is 9.37 Å². The summed E-state index contributed by atoms with van der Waals surface area (Å²) in [6, 6.07) is 17.0. The van der Waals surface area contributed by atoms with Crippen molar-refractivity contribution in [1.82, 2.24) is 9.66 Å². The zero-order valence-corrected chi connectivity index (χ0v) is 16.8. The van der Waals surface area contributed by atoms with Crippen molar-refractivity contribution in [3.8, 4) is 22.9 Å². The summed E-state index contributed by atoms with van der Waals surface area (Å²) in [5, 5.41) is 0.329. The van der Waals surface area contributed by atoms with Crippen molar-refractivity contribution >= 4 is 16.8 Å². The Kier molecular flexibility index (Phi) is 5.36. The normalized spacial score (nSPS) is 10.7. The van der Waals surface area contributed by atoms with Crippen molar-refractivity contribution in [2.75, 3.05) is 19.6 Å². The summed E-state index contributed by atoms with van der Waals surface area (Å²) < 4.78 is 24.9. The molecule has 156 valence electrons. The third-order valence-corrected chi connectivity index (χ3v) is 4.74. The number of nitrogens with zero attached hydrogens (tertiary/aromatic N) is 2. The van der Waals surface area contributed by atoms with Crippen LogP contribution < -0.4 is 20.5 Å². The Morgan fingerprint density at radius 2 is 1.74 bits per heavy atom. The zero-order chi connectivity index (χ0) is 22.0. The lowest BCUT2D eigenvalue weighted by Crippen LogP contribution is -2.35. The molecule has 31 heavy (non-hydrogen) atoms. The summed E-state index contributed by atoms with van der Waals surface area (Å²) in [5.74, 6) is -0.0380. The number of carbonyl (C=O) groups excluding carboxylic acids is 1. The van der Waals surface area contributed by atoms with Gasteiger partial charge in [-0.2, -0.15) is 4.68 Å². The number of para-hydroxylation sites is 1. The van der Waals surface area contributed by atoms with E-state index in [1.807, 2.05) is 0 Å². The van der Waals surface area contributed by atoms with Crippen LogP contribution in [0.1, 0.15) is 10.4 Å². The molecule has 7 nitrogen and oxygen atoms in total. The van der Waals surface area contributed by atoms with E-state index in [2.05, 4.69) is 10.4 Å². The van der Waals surface area contributed by atoms with Crippen LogP contribution in [0.25, 0.3) is 22.3 Å². The summed E-state index contributed by atoms with van der Waals surface area (Å²) in [5.41, 5.74) is 3.26. The van der Waals surface area contributed by atoms with Gasteiger partial charge in [0, 0.05) is 11.6 Å². The van der Waals surface area contributed by atoms with E-state index in [0.717, 1.165) is 4.68 Å². The van der Waals surface area contributed by atoms with Crippen molar-refractivity contribution in [3.05, 3.63) is 88.5 Å². The molecule has 0 aliphatic heterocycles. The summed E-state index contributed by atoms with van der Waals surface area (Å²) >= 11 is 0. The number of benzene rings is 3. The van der Waals surface area contributed by atoms with E-state index >= 15 is 0 Å². The molecule has 0 radical (unpaired) electrons. The van der Waals surface area contributed by atoms with Gasteiger partial charge >= 0.3 is 0 Å². The lowest BCUT2D eigenvalue weighted by molar-refractivity contribution is 0.100. The van der Waals surface area contributed by atoms with Gasteiger partial charge in [-0.1, -0.05) is 12.1 Å². The summed E-state index contributed by atoms with van der Waals surface area (Å²) in [6.07, 6.45) is 0. The second-order valence-corrected chi connectivity index (χ2v) is 6.61. The van der Waals surface area contributed by atoms with Gasteiger partial charge in [0.15, 0.2) is 5.82 Å². The van der Waals surface area contributed by atoms with Crippen molar-refractivity contribution in [2.24, 2.45) is 0 Å². The number of ether oxygens (including phenoxy) is 2. The molecular formula is C23H18FN3O4. The molecule has 0 aliphatic rings. The smallest absolute Gasteiger partial charge is 0.280 e. The van der Waals surface area contributed by atoms with Crippen LogP contribution in [0.2, 0.25) is 0 Å². The first-order valence-corrected chi connectivity index (χ1v) is 9.33. The fraction of sp³-hybridized carbons (Fsp3) is 0.0870. The number of nitrogens with one attached hydrogen (secondary N) is 1.